The summed E-state index contributed by atoms with van der Waals surface area (Å²) in [6.07, 6.45) is 3.67. The van der Waals surface area contributed by atoms with Crippen molar-refractivity contribution in [2.45, 2.75) is 66.0 Å². The number of rotatable bonds is 8. The van der Waals surface area contributed by atoms with Gasteiger partial charge in [0.1, 0.15) is 0 Å². The van der Waals surface area contributed by atoms with Gasteiger partial charge in [0.25, 0.3) is 0 Å². The lowest BCUT2D eigenvalue weighted by atomic mass is 10.1. The topological polar surface area (TPSA) is 56.7 Å². The van der Waals surface area contributed by atoms with Gasteiger partial charge in [0.2, 0.25) is 5.91 Å². The Balaban J connectivity index is 1.89. The molecule has 1 aliphatic rings. The summed E-state index contributed by atoms with van der Waals surface area (Å²) in [6, 6.07) is 6.82. The van der Waals surface area contributed by atoms with E-state index in [1.165, 1.54) is 16.7 Å². The van der Waals surface area contributed by atoms with Crippen LogP contribution in [0.15, 0.2) is 23.2 Å². The van der Waals surface area contributed by atoms with Crippen molar-refractivity contribution in [1.82, 2.24) is 15.5 Å². The Labute approximate surface area is 158 Å². The third-order valence-corrected chi connectivity index (χ3v) is 5.04. The molecule has 0 bridgehead atoms. The van der Waals surface area contributed by atoms with E-state index in [1.807, 2.05) is 0 Å². The third kappa shape index (κ3) is 5.75. The molecule has 5 nitrogen and oxygen atoms in total. The Kier molecular flexibility index (Phi) is 7.95. The van der Waals surface area contributed by atoms with Crippen molar-refractivity contribution >= 4 is 11.9 Å². The molecule has 1 unspecified atom stereocenters. The second-order valence-electron chi connectivity index (χ2n) is 7.09. The minimum Gasteiger partial charge on any atom is -0.357 e. The van der Waals surface area contributed by atoms with Crippen LogP contribution in [0, 0.1) is 13.8 Å². The molecule has 1 amide bonds. The highest BCUT2D eigenvalue weighted by Gasteiger charge is 2.26. The van der Waals surface area contributed by atoms with Crippen LogP contribution in [0.4, 0.5) is 0 Å². The lowest BCUT2D eigenvalue weighted by Crippen LogP contribution is -2.42. The van der Waals surface area contributed by atoms with Crippen LogP contribution >= 0.6 is 0 Å². The van der Waals surface area contributed by atoms with Crippen LogP contribution in [-0.4, -0.2) is 42.4 Å². The monoisotopic (exact) mass is 358 g/mol. The van der Waals surface area contributed by atoms with Gasteiger partial charge < -0.3 is 15.5 Å². The summed E-state index contributed by atoms with van der Waals surface area (Å²) in [5.74, 6) is 1.15. The van der Waals surface area contributed by atoms with Crippen molar-refractivity contribution in [3.05, 3.63) is 34.9 Å². The first-order valence-corrected chi connectivity index (χ1v) is 9.92. The van der Waals surface area contributed by atoms with E-state index in [0.29, 0.717) is 24.9 Å². The number of hydrogen-bond acceptors (Lipinski definition) is 2. The molecule has 0 radical (unpaired) electrons. The summed E-state index contributed by atoms with van der Waals surface area (Å²) in [5.41, 5.74) is 3.81. The number of carbonyl (C=O) groups excluding carboxylic acids is 1. The predicted octanol–water partition coefficient (Wildman–Crippen LogP) is 3.15. The van der Waals surface area contributed by atoms with E-state index >= 15 is 0 Å². The van der Waals surface area contributed by atoms with Gasteiger partial charge in [-0.15, -0.1) is 0 Å². The summed E-state index contributed by atoms with van der Waals surface area (Å²) >= 11 is 0. The van der Waals surface area contributed by atoms with Gasteiger partial charge in [0.05, 0.1) is 6.54 Å². The van der Waals surface area contributed by atoms with Gasteiger partial charge in [-0.1, -0.05) is 30.7 Å². The summed E-state index contributed by atoms with van der Waals surface area (Å²) in [7, 11) is 0. The molecule has 26 heavy (non-hydrogen) atoms. The molecule has 0 aliphatic carbocycles. The average Bonchev–Trinajstić information content (AvgIpc) is 3.03. The molecule has 1 aliphatic heterocycles. The highest BCUT2D eigenvalue weighted by atomic mass is 16.2. The van der Waals surface area contributed by atoms with E-state index in [0.717, 1.165) is 44.9 Å². The number of hydrogen-bond donors (Lipinski definition) is 2. The molecule has 2 rings (SSSR count). The van der Waals surface area contributed by atoms with Crippen molar-refractivity contribution in [3.63, 3.8) is 0 Å². The van der Waals surface area contributed by atoms with E-state index in [2.05, 4.69) is 61.4 Å². The number of aryl methyl sites for hydroxylation is 2. The Morgan fingerprint density at radius 2 is 2.08 bits per heavy atom. The molecule has 0 saturated carbocycles. The van der Waals surface area contributed by atoms with Crippen LogP contribution in [0.25, 0.3) is 0 Å². The maximum Gasteiger partial charge on any atom is 0.222 e. The first-order chi connectivity index (χ1) is 12.5. The van der Waals surface area contributed by atoms with Crippen molar-refractivity contribution in [2.24, 2.45) is 4.99 Å². The second kappa shape index (κ2) is 10.2. The molecule has 5 heteroatoms. The van der Waals surface area contributed by atoms with Gasteiger partial charge >= 0.3 is 0 Å². The zero-order valence-electron chi connectivity index (χ0n) is 16.8. The standard InChI is InChI=1S/C21H34N4O/c1-5-19(25-13-7-8-20(25)26)11-12-23-21(22-6-2)24-15-18-10-9-16(3)14-17(18)4/h9-10,14,19H,5-8,11-13,15H2,1-4H3,(H2,22,23,24). The molecule has 1 aromatic carbocycles. The molecule has 1 atom stereocenters. The smallest absolute Gasteiger partial charge is 0.222 e. The number of nitrogens with zero attached hydrogens (tertiary/aromatic N) is 2. The maximum atomic E-state index is 12.0. The number of aliphatic imine (C=N–C) groups is 1. The number of carbonyl (C=O) groups is 1. The molecule has 0 spiro atoms. The van der Waals surface area contributed by atoms with Gasteiger partial charge in [-0.3, -0.25) is 4.79 Å². The quantitative estimate of drug-likeness (QED) is 0.554. The number of nitrogens with one attached hydrogen (secondary N) is 2. The normalized spacial score (nSPS) is 16.1. The summed E-state index contributed by atoms with van der Waals surface area (Å²) in [4.78, 5) is 18.7. The van der Waals surface area contributed by atoms with Crippen molar-refractivity contribution in [2.75, 3.05) is 19.6 Å². The van der Waals surface area contributed by atoms with E-state index in [1.54, 1.807) is 0 Å². The van der Waals surface area contributed by atoms with Crippen molar-refractivity contribution < 1.29 is 4.79 Å². The SMILES string of the molecule is CCNC(=NCc1ccc(C)cc1C)NCCC(CC)N1CCCC1=O. The largest absolute Gasteiger partial charge is 0.357 e. The Hall–Kier alpha value is -2.04. The minimum absolute atomic E-state index is 0.312. The first kappa shape index (κ1) is 20.3. The van der Waals surface area contributed by atoms with Crippen LogP contribution in [0.1, 0.15) is 56.2 Å². The van der Waals surface area contributed by atoms with Crippen LogP contribution in [0.3, 0.4) is 0 Å². The fourth-order valence-electron chi connectivity index (χ4n) is 3.52. The van der Waals surface area contributed by atoms with Crippen molar-refractivity contribution in [3.8, 4) is 0 Å². The number of benzene rings is 1. The lowest BCUT2D eigenvalue weighted by molar-refractivity contribution is -0.129. The third-order valence-electron chi connectivity index (χ3n) is 5.04. The molecular formula is C21H34N4O. The Morgan fingerprint density at radius 1 is 1.27 bits per heavy atom. The van der Waals surface area contributed by atoms with Crippen LogP contribution in [0.5, 0.6) is 0 Å². The number of guanidine groups is 1. The summed E-state index contributed by atoms with van der Waals surface area (Å²) in [5, 5.41) is 6.74. The van der Waals surface area contributed by atoms with Gasteiger partial charge in [0, 0.05) is 32.1 Å². The first-order valence-electron chi connectivity index (χ1n) is 9.92. The predicted molar refractivity (Wildman–Crippen MR) is 108 cm³/mol. The van der Waals surface area contributed by atoms with Crippen molar-refractivity contribution in [1.29, 1.82) is 0 Å². The maximum absolute atomic E-state index is 12.0. The number of amides is 1. The minimum atomic E-state index is 0.312. The fraction of sp³-hybridized carbons (Fsp3) is 0.619. The molecule has 1 fully saturated rings. The summed E-state index contributed by atoms with van der Waals surface area (Å²) in [6.45, 7) is 11.7. The van der Waals surface area contributed by atoms with E-state index < -0.39 is 0 Å². The lowest BCUT2D eigenvalue weighted by Gasteiger charge is -2.27. The molecule has 144 valence electrons. The molecule has 1 aromatic rings. The zero-order valence-corrected chi connectivity index (χ0v) is 16.8. The van der Waals surface area contributed by atoms with E-state index in [4.69, 9.17) is 4.99 Å². The van der Waals surface area contributed by atoms with Gasteiger partial charge in [-0.05, 0) is 51.2 Å². The molecular weight excluding hydrogens is 324 g/mol. The number of likely N-dealkylation sites (tertiary alicyclic amines) is 1. The highest BCUT2D eigenvalue weighted by Crippen LogP contribution is 2.17. The van der Waals surface area contributed by atoms with Gasteiger partial charge in [-0.2, -0.15) is 0 Å². The Morgan fingerprint density at radius 3 is 2.69 bits per heavy atom. The molecule has 1 heterocycles. The van der Waals surface area contributed by atoms with E-state index in [-0.39, 0.29) is 0 Å². The highest BCUT2D eigenvalue weighted by molar-refractivity contribution is 5.80. The van der Waals surface area contributed by atoms with Crippen LogP contribution in [-0.2, 0) is 11.3 Å². The second-order valence-corrected chi connectivity index (χ2v) is 7.09. The summed E-state index contributed by atoms with van der Waals surface area (Å²) < 4.78 is 0. The van der Waals surface area contributed by atoms with E-state index in [9.17, 15) is 4.79 Å². The fourth-order valence-corrected chi connectivity index (χ4v) is 3.52. The average molecular weight is 359 g/mol. The van der Waals surface area contributed by atoms with Gasteiger partial charge in [-0.25, -0.2) is 4.99 Å². The molecule has 2 N–H and O–H groups in total. The van der Waals surface area contributed by atoms with Crippen LogP contribution < -0.4 is 10.6 Å². The Bertz CT molecular complexity index is 626. The van der Waals surface area contributed by atoms with Gasteiger partial charge in [0.15, 0.2) is 5.96 Å². The van der Waals surface area contributed by atoms with Crippen LogP contribution in [0.2, 0.25) is 0 Å². The molecule has 1 saturated heterocycles. The molecule has 0 aromatic heterocycles. The zero-order chi connectivity index (χ0) is 18.9.